The van der Waals surface area contributed by atoms with Gasteiger partial charge in [0, 0.05) is 25.2 Å². The number of fused-ring (bicyclic) bond motifs is 1. The van der Waals surface area contributed by atoms with Crippen LogP contribution >= 0.6 is 0 Å². The highest BCUT2D eigenvalue weighted by molar-refractivity contribution is 5.83. The molecule has 142 valence electrons. The number of anilines is 1. The fourth-order valence-corrected chi connectivity index (χ4v) is 3.70. The summed E-state index contributed by atoms with van der Waals surface area (Å²) in [4.78, 5) is 36.9. The molecule has 0 spiro atoms. The van der Waals surface area contributed by atoms with Gasteiger partial charge in [0.15, 0.2) is 0 Å². The predicted octanol–water partition coefficient (Wildman–Crippen LogP) is 1.29. The van der Waals surface area contributed by atoms with E-state index in [1.807, 2.05) is 47.1 Å². The first-order valence-electron chi connectivity index (χ1n) is 9.42. The molecule has 0 saturated carbocycles. The number of nitrogens with one attached hydrogen (secondary N) is 1. The second kappa shape index (κ2) is 7.52. The Morgan fingerprint density at radius 1 is 1.19 bits per heavy atom. The zero-order valence-corrected chi connectivity index (χ0v) is 15.5. The van der Waals surface area contributed by atoms with Crippen molar-refractivity contribution in [3.63, 3.8) is 0 Å². The Hall–Kier alpha value is -2.67. The Labute approximate surface area is 158 Å². The lowest BCUT2D eigenvalue weighted by Gasteiger charge is -2.32. The monoisotopic (exact) mass is 368 g/mol. The highest BCUT2D eigenvalue weighted by Gasteiger charge is 2.28. The molecule has 0 radical (unpaired) electrons. The summed E-state index contributed by atoms with van der Waals surface area (Å²) < 4.78 is 5.37. The molecule has 2 aliphatic heterocycles. The molecular formula is C20H24N4O3. The summed E-state index contributed by atoms with van der Waals surface area (Å²) in [6, 6.07) is 9.78. The number of rotatable bonds is 3. The van der Waals surface area contributed by atoms with E-state index in [0.717, 1.165) is 5.56 Å². The van der Waals surface area contributed by atoms with Crippen molar-refractivity contribution in [2.45, 2.75) is 25.8 Å². The molecule has 4 rings (SSSR count). The summed E-state index contributed by atoms with van der Waals surface area (Å²) in [6.07, 6.45) is 0.536. The van der Waals surface area contributed by atoms with E-state index in [-0.39, 0.29) is 17.4 Å². The topological polar surface area (TPSA) is 78.5 Å². The molecule has 1 aromatic heterocycles. The number of amides is 1. The van der Waals surface area contributed by atoms with Crippen LogP contribution < -0.4 is 10.5 Å². The molecule has 1 saturated heterocycles. The van der Waals surface area contributed by atoms with Crippen LogP contribution in [0.1, 0.15) is 29.7 Å². The Kier molecular flexibility index (Phi) is 4.94. The molecule has 7 heteroatoms. The number of hydrogen-bond acceptors (Lipinski definition) is 5. The average Bonchev–Trinajstić information content (AvgIpc) is 2.73. The highest BCUT2D eigenvalue weighted by Crippen LogP contribution is 2.23. The van der Waals surface area contributed by atoms with E-state index < -0.39 is 0 Å². The maximum absolute atomic E-state index is 13.0. The van der Waals surface area contributed by atoms with Gasteiger partial charge in [0.2, 0.25) is 11.9 Å². The fraction of sp³-hybridized carbons (Fsp3) is 0.450. The van der Waals surface area contributed by atoms with Gasteiger partial charge in [0.05, 0.1) is 31.4 Å². The maximum atomic E-state index is 13.0. The Balaban J connectivity index is 1.55. The van der Waals surface area contributed by atoms with Crippen LogP contribution in [-0.4, -0.2) is 53.6 Å². The highest BCUT2D eigenvalue weighted by atomic mass is 16.5. The standard InChI is InChI=1S/C20H24N4O3/c1-14(15-5-3-2-4-6-15)19(26)24-8-7-16-17(13-24)21-20(22-18(16)25)23-9-11-27-12-10-23/h2-6,14H,7-13H2,1H3,(H,21,22,25). The van der Waals surface area contributed by atoms with Gasteiger partial charge in [-0.2, -0.15) is 0 Å². The van der Waals surface area contributed by atoms with E-state index in [1.54, 1.807) is 0 Å². The Morgan fingerprint density at radius 2 is 1.93 bits per heavy atom. The number of nitrogens with zero attached hydrogens (tertiary/aromatic N) is 3. The normalized spacial score (nSPS) is 18.1. The zero-order valence-electron chi connectivity index (χ0n) is 15.5. The summed E-state index contributed by atoms with van der Waals surface area (Å²) in [5.74, 6) is 0.433. The fourth-order valence-electron chi connectivity index (χ4n) is 3.70. The van der Waals surface area contributed by atoms with Gasteiger partial charge in [-0.15, -0.1) is 0 Å². The van der Waals surface area contributed by atoms with E-state index in [2.05, 4.69) is 9.97 Å². The summed E-state index contributed by atoms with van der Waals surface area (Å²) in [5.41, 5.74) is 2.31. The SMILES string of the molecule is CC(C(=O)N1CCc2c(nc(N3CCOCC3)[nH]c2=O)C1)c1ccccc1. The number of morpholine rings is 1. The number of benzene rings is 1. The third-order valence-corrected chi connectivity index (χ3v) is 5.35. The molecule has 1 unspecified atom stereocenters. The van der Waals surface area contributed by atoms with Gasteiger partial charge in [-0.1, -0.05) is 30.3 Å². The molecule has 1 fully saturated rings. The third kappa shape index (κ3) is 3.60. The van der Waals surface area contributed by atoms with E-state index >= 15 is 0 Å². The van der Waals surface area contributed by atoms with Crippen LogP contribution in [0.3, 0.4) is 0 Å². The van der Waals surface area contributed by atoms with Crippen molar-refractivity contribution in [1.82, 2.24) is 14.9 Å². The number of H-pyrrole nitrogens is 1. The molecule has 2 aromatic rings. The lowest BCUT2D eigenvalue weighted by atomic mass is 9.98. The van der Waals surface area contributed by atoms with Gasteiger partial charge in [-0.05, 0) is 18.9 Å². The van der Waals surface area contributed by atoms with Crippen molar-refractivity contribution in [3.8, 4) is 0 Å². The number of ether oxygens (including phenoxy) is 1. The van der Waals surface area contributed by atoms with Crippen LogP contribution in [0.25, 0.3) is 0 Å². The lowest BCUT2D eigenvalue weighted by Crippen LogP contribution is -2.43. The lowest BCUT2D eigenvalue weighted by molar-refractivity contribution is -0.133. The van der Waals surface area contributed by atoms with Crippen LogP contribution in [0.2, 0.25) is 0 Å². The molecule has 1 atom stereocenters. The molecule has 2 aliphatic rings. The number of carbonyl (C=O) groups is 1. The minimum Gasteiger partial charge on any atom is -0.378 e. The van der Waals surface area contributed by atoms with Gasteiger partial charge in [-0.3, -0.25) is 14.6 Å². The van der Waals surface area contributed by atoms with Crippen molar-refractivity contribution in [2.24, 2.45) is 0 Å². The first-order chi connectivity index (χ1) is 13.1. The molecule has 7 nitrogen and oxygen atoms in total. The number of carbonyl (C=O) groups excluding carboxylic acids is 1. The summed E-state index contributed by atoms with van der Waals surface area (Å²) in [6.45, 7) is 5.51. The molecular weight excluding hydrogens is 344 g/mol. The summed E-state index contributed by atoms with van der Waals surface area (Å²) >= 11 is 0. The van der Waals surface area contributed by atoms with E-state index in [0.29, 0.717) is 63.0 Å². The van der Waals surface area contributed by atoms with Crippen LogP contribution in [0.4, 0.5) is 5.95 Å². The maximum Gasteiger partial charge on any atom is 0.255 e. The number of hydrogen-bond donors (Lipinski definition) is 1. The van der Waals surface area contributed by atoms with E-state index in [9.17, 15) is 9.59 Å². The zero-order chi connectivity index (χ0) is 18.8. The number of aromatic amines is 1. The molecule has 0 bridgehead atoms. The minimum absolute atomic E-state index is 0.0712. The van der Waals surface area contributed by atoms with E-state index in [1.165, 1.54) is 0 Å². The first-order valence-corrected chi connectivity index (χ1v) is 9.42. The van der Waals surface area contributed by atoms with Gasteiger partial charge >= 0.3 is 0 Å². The molecule has 27 heavy (non-hydrogen) atoms. The summed E-state index contributed by atoms with van der Waals surface area (Å²) in [7, 11) is 0. The summed E-state index contributed by atoms with van der Waals surface area (Å²) in [5, 5.41) is 0. The molecule has 1 aromatic carbocycles. The van der Waals surface area contributed by atoms with Crippen molar-refractivity contribution in [3.05, 3.63) is 57.5 Å². The Bertz CT molecular complexity index is 875. The molecule has 1 amide bonds. The predicted molar refractivity (Wildman–Crippen MR) is 102 cm³/mol. The van der Waals surface area contributed by atoms with Crippen LogP contribution in [0.5, 0.6) is 0 Å². The van der Waals surface area contributed by atoms with Crippen molar-refractivity contribution in [1.29, 1.82) is 0 Å². The van der Waals surface area contributed by atoms with Gasteiger partial charge in [0.1, 0.15) is 0 Å². The minimum atomic E-state index is -0.214. The second-order valence-corrected chi connectivity index (χ2v) is 7.06. The largest absolute Gasteiger partial charge is 0.378 e. The van der Waals surface area contributed by atoms with Gasteiger partial charge < -0.3 is 14.5 Å². The average molecular weight is 368 g/mol. The van der Waals surface area contributed by atoms with Crippen molar-refractivity contribution in [2.75, 3.05) is 37.7 Å². The van der Waals surface area contributed by atoms with Gasteiger partial charge in [-0.25, -0.2) is 4.98 Å². The second-order valence-electron chi connectivity index (χ2n) is 7.06. The van der Waals surface area contributed by atoms with Crippen molar-refractivity contribution >= 4 is 11.9 Å². The molecule has 1 N–H and O–H groups in total. The Morgan fingerprint density at radius 3 is 2.67 bits per heavy atom. The molecule has 0 aliphatic carbocycles. The first kappa shape index (κ1) is 17.7. The number of aromatic nitrogens is 2. The smallest absolute Gasteiger partial charge is 0.255 e. The van der Waals surface area contributed by atoms with Crippen LogP contribution in [0, 0.1) is 0 Å². The molecule has 3 heterocycles. The van der Waals surface area contributed by atoms with Crippen molar-refractivity contribution < 1.29 is 9.53 Å². The third-order valence-electron chi connectivity index (χ3n) is 5.35. The van der Waals surface area contributed by atoms with Gasteiger partial charge in [0.25, 0.3) is 5.56 Å². The van der Waals surface area contributed by atoms with E-state index in [4.69, 9.17) is 4.74 Å². The van der Waals surface area contributed by atoms with Crippen LogP contribution in [-0.2, 0) is 22.5 Å². The van der Waals surface area contributed by atoms with Crippen LogP contribution in [0.15, 0.2) is 35.1 Å². The quantitative estimate of drug-likeness (QED) is 0.883.